The predicted molar refractivity (Wildman–Crippen MR) is 377 cm³/mol. The maximum Gasteiger partial charge on any atom is 0.472 e. The summed E-state index contributed by atoms with van der Waals surface area (Å²) < 4.78 is 68.3. The van der Waals surface area contributed by atoms with E-state index in [1.807, 2.05) is 0 Å². The van der Waals surface area contributed by atoms with Crippen molar-refractivity contribution in [2.24, 2.45) is 5.92 Å². The summed E-state index contributed by atoms with van der Waals surface area (Å²) in [5, 5.41) is 10.6. The quantitative estimate of drug-likeness (QED) is 0.0169. The molecule has 17 nitrogen and oxygen atoms in total. The van der Waals surface area contributed by atoms with Gasteiger partial charge in [-0.05, 0) is 57.3 Å². The Labute approximate surface area is 567 Å². The number of carbonyl (C=O) groups excluding carboxylic acids is 4. The van der Waals surface area contributed by atoms with Crippen LogP contribution in [0.25, 0.3) is 0 Å². The Morgan fingerprint density at radius 3 is 0.882 bits per heavy atom. The lowest BCUT2D eigenvalue weighted by Gasteiger charge is -2.21. The molecule has 0 aliphatic carbocycles. The van der Waals surface area contributed by atoms with Crippen LogP contribution < -0.4 is 0 Å². The van der Waals surface area contributed by atoms with Gasteiger partial charge in [-0.15, -0.1) is 0 Å². The fraction of sp³-hybridized carbons (Fsp3) is 0.892. The number of carbonyl (C=O) groups is 4. The molecule has 0 rings (SSSR count). The molecule has 0 aliphatic rings. The van der Waals surface area contributed by atoms with E-state index < -0.39 is 97.5 Å². The average molecular weight is 1360 g/mol. The molecule has 548 valence electrons. The molecule has 0 saturated heterocycles. The molecular formula is C74H140O17P2. The zero-order valence-electron chi connectivity index (χ0n) is 59.9. The molecule has 19 heteroatoms. The van der Waals surface area contributed by atoms with E-state index in [0.717, 1.165) is 109 Å². The molecule has 93 heavy (non-hydrogen) atoms. The van der Waals surface area contributed by atoms with E-state index in [1.165, 1.54) is 167 Å². The van der Waals surface area contributed by atoms with Crippen LogP contribution in [0.5, 0.6) is 0 Å². The number of aliphatic hydroxyl groups is 1. The second kappa shape index (κ2) is 66.8. The average Bonchev–Trinajstić information content (AvgIpc) is 2.62. The Morgan fingerprint density at radius 1 is 0.333 bits per heavy atom. The number of esters is 4. The summed E-state index contributed by atoms with van der Waals surface area (Å²) in [6.07, 6.45) is 58.0. The van der Waals surface area contributed by atoms with E-state index in [1.54, 1.807) is 0 Å². The predicted octanol–water partition coefficient (Wildman–Crippen LogP) is 21.2. The minimum atomic E-state index is -4.96. The highest BCUT2D eigenvalue weighted by Gasteiger charge is 2.30. The number of hydrogen-bond acceptors (Lipinski definition) is 15. The number of phosphoric ester groups is 2. The van der Waals surface area contributed by atoms with Crippen LogP contribution >= 0.6 is 15.6 Å². The molecule has 0 amide bonds. The standard InChI is InChI=1S/C74H140O17P2/c1-6-9-12-15-18-21-23-25-27-28-29-30-31-33-35-37-40-43-49-54-59-73(78)90-69(63-85-72(77)58-53-48-42-39-36-34-32-26-24-22-19-16-13-10-7-2)65-88-92(80,81)86-61-68(75)62-87-93(82,83)89-66-70(91-74(79)60-55-50-45-44-46-51-56-67(4)5)64-84-71(76)57-52-47-41-38-20-17-14-11-8-3/h22,24,26,32,67-70,75H,6-21,23,25,27-31,33-66H2,1-5H3,(H,80,81)(H,82,83)/b24-22-,32-26-/t68-,69-,70-/m1/s1. The monoisotopic (exact) mass is 1360 g/mol. The molecule has 0 aromatic rings. The van der Waals surface area contributed by atoms with Crippen molar-refractivity contribution in [3.8, 4) is 0 Å². The highest BCUT2D eigenvalue weighted by Crippen LogP contribution is 2.45. The van der Waals surface area contributed by atoms with Gasteiger partial charge in [0.05, 0.1) is 26.4 Å². The fourth-order valence-electron chi connectivity index (χ4n) is 10.8. The molecule has 2 unspecified atom stereocenters. The van der Waals surface area contributed by atoms with Gasteiger partial charge in [-0.2, -0.15) is 0 Å². The molecule has 0 fully saturated rings. The van der Waals surface area contributed by atoms with Gasteiger partial charge in [0, 0.05) is 25.7 Å². The van der Waals surface area contributed by atoms with E-state index in [2.05, 4.69) is 58.9 Å². The number of phosphoric acid groups is 2. The van der Waals surface area contributed by atoms with E-state index >= 15 is 0 Å². The zero-order chi connectivity index (χ0) is 68.4. The van der Waals surface area contributed by atoms with Crippen LogP contribution in [0.15, 0.2) is 24.3 Å². The van der Waals surface area contributed by atoms with Gasteiger partial charge in [-0.3, -0.25) is 37.3 Å². The molecule has 0 heterocycles. The first-order chi connectivity index (χ1) is 45.0. The van der Waals surface area contributed by atoms with Crippen molar-refractivity contribution in [1.82, 2.24) is 0 Å². The van der Waals surface area contributed by atoms with Crippen molar-refractivity contribution < 1.29 is 80.2 Å². The van der Waals surface area contributed by atoms with E-state index in [4.69, 9.17) is 37.0 Å². The lowest BCUT2D eigenvalue weighted by molar-refractivity contribution is -0.161. The minimum absolute atomic E-state index is 0.100. The van der Waals surface area contributed by atoms with Crippen LogP contribution in [0.1, 0.15) is 362 Å². The number of aliphatic hydroxyl groups excluding tert-OH is 1. The number of ether oxygens (including phenoxy) is 4. The summed E-state index contributed by atoms with van der Waals surface area (Å²) in [4.78, 5) is 72.5. The first-order valence-electron chi connectivity index (χ1n) is 38.0. The Hall–Kier alpha value is -2.46. The molecule has 0 aromatic carbocycles. The summed E-state index contributed by atoms with van der Waals surface area (Å²) in [6.45, 7) is 7.09. The third-order valence-electron chi connectivity index (χ3n) is 16.7. The molecule has 0 bridgehead atoms. The first kappa shape index (κ1) is 90.5. The Kier molecular flexibility index (Phi) is 65.0. The van der Waals surface area contributed by atoms with Crippen LogP contribution in [-0.2, 0) is 65.4 Å². The van der Waals surface area contributed by atoms with E-state index in [-0.39, 0.29) is 25.7 Å². The smallest absolute Gasteiger partial charge is 0.462 e. The van der Waals surface area contributed by atoms with E-state index in [9.17, 15) is 43.2 Å². The minimum Gasteiger partial charge on any atom is -0.462 e. The second-order valence-electron chi connectivity index (χ2n) is 26.5. The fourth-order valence-corrected chi connectivity index (χ4v) is 12.4. The van der Waals surface area contributed by atoms with Crippen LogP contribution in [-0.4, -0.2) is 96.7 Å². The normalized spacial score (nSPS) is 14.2. The Balaban J connectivity index is 5.21. The number of rotatable bonds is 72. The third kappa shape index (κ3) is 67.9. The van der Waals surface area contributed by atoms with Crippen LogP contribution in [0, 0.1) is 5.92 Å². The van der Waals surface area contributed by atoms with Crippen molar-refractivity contribution in [1.29, 1.82) is 0 Å². The summed E-state index contributed by atoms with van der Waals surface area (Å²) in [7, 11) is -9.91. The summed E-state index contributed by atoms with van der Waals surface area (Å²) in [5.41, 5.74) is 0. The lowest BCUT2D eigenvalue weighted by atomic mass is 10.0. The topological polar surface area (TPSA) is 237 Å². The van der Waals surface area contributed by atoms with Crippen molar-refractivity contribution in [3.05, 3.63) is 24.3 Å². The van der Waals surface area contributed by atoms with Crippen LogP contribution in [0.3, 0.4) is 0 Å². The van der Waals surface area contributed by atoms with Gasteiger partial charge >= 0.3 is 39.5 Å². The molecular weight excluding hydrogens is 1220 g/mol. The number of allylic oxidation sites excluding steroid dienone is 4. The highest BCUT2D eigenvalue weighted by molar-refractivity contribution is 7.47. The maximum absolute atomic E-state index is 13.1. The SMILES string of the molecule is CCCCCC/C=C\C=C/CCCCCCCC(=O)OC[C@H](COP(=O)(O)OC[C@@H](O)COP(=O)(O)OC[C@@H](COC(=O)CCCCCCCCCCC)OC(=O)CCCCCCCCC(C)C)OC(=O)CCCCCCCCCCCCCCCCCCCCCC. The van der Waals surface area contributed by atoms with Crippen LogP contribution in [0.2, 0.25) is 0 Å². The van der Waals surface area contributed by atoms with Gasteiger partial charge in [0.2, 0.25) is 0 Å². The molecule has 0 spiro atoms. The van der Waals surface area contributed by atoms with Crippen molar-refractivity contribution >= 4 is 39.5 Å². The lowest BCUT2D eigenvalue weighted by Crippen LogP contribution is -2.30. The summed E-state index contributed by atoms with van der Waals surface area (Å²) in [6, 6.07) is 0. The third-order valence-corrected chi connectivity index (χ3v) is 18.6. The number of hydrogen-bond donors (Lipinski definition) is 3. The summed E-state index contributed by atoms with van der Waals surface area (Å²) in [5.74, 6) is -1.49. The molecule has 0 radical (unpaired) electrons. The van der Waals surface area contributed by atoms with Gasteiger partial charge in [-0.25, -0.2) is 9.13 Å². The molecule has 3 N–H and O–H groups in total. The summed E-state index contributed by atoms with van der Waals surface area (Å²) >= 11 is 0. The van der Waals surface area contributed by atoms with Gasteiger partial charge < -0.3 is 33.8 Å². The van der Waals surface area contributed by atoms with Gasteiger partial charge in [-0.1, -0.05) is 309 Å². The highest BCUT2D eigenvalue weighted by atomic mass is 31.2. The Bertz CT molecular complexity index is 1880. The molecule has 0 aromatic heterocycles. The molecule has 0 saturated carbocycles. The second-order valence-corrected chi connectivity index (χ2v) is 29.4. The zero-order valence-corrected chi connectivity index (χ0v) is 61.7. The Morgan fingerprint density at radius 2 is 0.581 bits per heavy atom. The van der Waals surface area contributed by atoms with Crippen molar-refractivity contribution in [3.63, 3.8) is 0 Å². The number of unbranched alkanes of at least 4 members (excludes halogenated alkanes) is 41. The molecule has 5 atom stereocenters. The van der Waals surface area contributed by atoms with Gasteiger partial charge in [0.15, 0.2) is 12.2 Å². The van der Waals surface area contributed by atoms with Gasteiger partial charge in [0.25, 0.3) is 0 Å². The first-order valence-corrected chi connectivity index (χ1v) is 40.9. The van der Waals surface area contributed by atoms with Crippen molar-refractivity contribution in [2.75, 3.05) is 39.6 Å². The maximum atomic E-state index is 13.1. The largest absolute Gasteiger partial charge is 0.472 e. The van der Waals surface area contributed by atoms with Crippen LogP contribution in [0.4, 0.5) is 0 Å². The van der Waals surface area contributed by atoms with E-state index in [0.29, 0.717) is 31.6 Å². The molecule has 0 aliphatic heterocycles. The van der Waals surface area contributed by atoms with Gasteiger partial charge in [0.1, 0.15) is 19.3 Å². The van der Waals surface area contributed by atoms with Crippen molar-refractivity contribution in [2.45, 2.75) is 380 Å².